The summed E-state index contributed by atoms with van der Waals surface area (Å²) >= 11 is 3.31. The van der Waals surface area contributed by atoms with Gasteiger partial charge in [0.1, 0.15) is 11.6 Å². The van der Waals surface area contributed by atoms with Crippen molar-refractivity contribution in [2.45, 2.75) is 19.4 Å². The molecular formula is C11H14BrN3O. The third-order valence-electron chi connectivity index (χ3n) is 2.34. The number of rotatable bonds is 5. The zero-order valence-electron chi connectivity index (χ0n) is 9.03. The third-order valence-corrected chi connectivity index (χ3v) is 2.77. The van der Waals surface area contributed by atoms with Gasteiger partial charge in [0.05, 0.1) is 6.04 Å². The molecule has 1 atom stereocenters. The summed E-state index contributed by atoms with van der Waals surface area (Å²) in [5.74, 6) is 1.88. The van der Waals surface area contributed by atoms with Crippen molar-refractivity contribution in [2.75, 3.05) is 6.54 Å². The van der Waals surface area contributed by atoms with Crippen molar-refractivity contribution < 1.29 is 4.42 Å². The standard InChI is InChI=1S/C11H14BrN3O/c1-2-13-8(7-11-14-5-6-15-11)9-3-4-10(12)16-9/h3-6,8,13H,2,7H2,1H3,(H,14,15). The fraction of sp³-hybridized carbons (Fsp3) is 0.364. The molecule has 2 rings (SSSR count). The minimum atomic E-state index is 0.155. The Morgan fingerprint density at radius 2 is 2.44 bits per heavy atom. The molecule has 0 fully saturated rings. The van der Waals surface area contributed by atoms with Crippen LogP contribution in [0.4, 0.5) is 0 Å². The molecule has 0 radical (unpaired) electrons. The van der Waals surface area contributed by atoms with Crippen LogP contribution in [0.25, 0.3) is 0 Å². The molecule has 2 aromatic heterocycles. The number of nitrogens with one attached hydrogen (secondary N) is 2. The van der Waals surface area contributed by atoms with E-state index in [0.29, 0.717) is 0 Å². The Morgan fingerprint density at radius 1 is 1.56 bits per heavy atom. The Labute approximate surface area is 103 Å². The zero-order chi connectivity index (χ0) is 11.4. The minimum Gasteiger partial charge on any atom is -0.453 e. The van der Waals surface area contributed by atoms with Gasteiger partial charge in [0.25, 0.3) is 0 Å². The van der Waals surface area contributed by atoms with Gasteiger partial charge in [-0.15, -0.1) is 0 Å². The molecule has 0 spiro atoms. The van der Waals surface area contributed by atoms with E-state index < -0.39 is 0 Å². The van der Waals surface area contributed by atoms with Crippen LogP contribution >= 0.6 is 15.9 Å². The van der Waals surface area contributed by atoms with Crippen LogP contribution in [0.3, 0.4) is 0 Å². The normalized spacial score (nSPS) is 12.9. The number of hydrogen-bond donors (Lipinski definition) is 2. The Balaban J connectivity index is 2.11. The summed E-state index contributed by atoms with van der Waals surface area (Å²) in [6.07, 6.45) is 4.38. The number of nitrogens with zero attached hydrogens (tertiary/aromatic N) is 1. The van der Waals surface area contributed by atoms with E-state index in [-0.39, 0.29) is 6.04 Å². The molecule has 0 aliphatic heterocycles. The molecule has 2 N–H and O–H groups in total. The summed E-state index contributed by atoms with van der Waals surface area (Å²) in [7, 11) is 0. The molecule has 2 heterocycles. The number of furan rings is 1. The van der Waals surface area contributed by atoms with E-state index in [4.69, 9.17) is 4.42 Å². The van der Waals surface area contributed by atoms with Crippen LogP contribution < -0.4 is 5.32 Å². The van der Waals surface area contributed by atoms with E-state index in [1.54, 1.807) is 6.20 Å². The number of aromatic nitrogens is 2. The fourth-order valence-corrected chi connectivity index (χ4v) is 1.96. The quantitative estimate of drug-likeness (QED) is 0.887. The smallest absolute Gasteiger partial charge is 0.169 e. The number of aromatic amines is 1. The van der Waals surface area contributed by atoms with Crippen molar-refractivity contribution >= 4 is 15.9 Å². The summed E-state index contributed by atoms with van der Waals surface area (Å²) in [5.41, 5.74) is 0. The van der Waals surface area contributed by atoms with Gasteiger partial charge in [0.2, 0.25) is 0 Å². The van der Waals surface area contributed by atoms with Gasteiger partial charge in [-0.2, -0.15) is 0 Å². The molecule has 5 heteroatoms. The van der Waals surface area contributed by atoms with E-state index >= 15 is 0 Å². The maximum Gasteiger partial charge on any atom is 0.169 e. The van der Waals surface area contributed by atoms with Gasteiger partial charge in [-0.3, -0.25) is 0 Å². The predicted molar refractivity (Wildman–Crippen MR) is 65.1 cm³/mol. The van der Waals surface area contributed by atoms with E-state index in [0.717, 1.165) is 29.2 Å². The Morgan fingerprint density at radius 3 is 3.00 bits per heavy atom. The predicted octanol–water partition coefficient (Wildman–Crippen LogP) is 2.66. The first-order valence-corrected chi connectivity index (χ1v) is 6.05. The second kappa shape index (κ2) is 5.32. The second-order valence-corrected chi connectivity index (χ2v) is 4.27. The maximum atomic E-state index is 5.56. The van der Waals surface area contributed by atoms with Crippen molar-refractivity contribution in [1.82, 2.24) is 15.3 Å². The second-order valence-electron chi connectivity index (χ2n) is 3.49. The molecule has 86 valence electrons. The highest BCUT2D eigenvalue weighted by Gasteiger charge is 2.15. The molecule has 16 heavy (non-hydrogen) atoms. The average molecular weight is 284 g/mol. The van der Waals surface area contributed by atoms with Crippen LogP contribution in [0, 0.1) is 0 Å². The average Bonchev–Trinajstić information content (AvgIpc) is 2.88. The Bertz CT molecular complexity index is 424. The highest BCUT2D eigenvalue weighted by atomic mass is 79.9. The molecule has 4 nitrogen and oxygen atoms in total. The number of likely N-dealkylation sites (N-methyl/N-ethyl adjacent to an activating group) is 1. The first-order chi connectivity index (χ1) is 7.79. The minimum absolute atomic E-state index is 0.155. The molecule has 0 bridgehead atoms. The monoisotopic (exact) mass is 283 g/mol. The molecule has 2 aromatic rings. The van der Waals surface area contributed by atoms with Gasteiger partial charge in [0, 0.05) is 18.8 Å². The number of H-pyrrole nitrogens is 1. The molecule has 0 aliphatic rings. The molecule has 0 saturated heterocycles. The van der Waals surface area contributed by atoms with E-state index in [2.05, 4.69) is 38.1 Å². The van der Waals surface area contributed by atoms with Gasteiger partial charge in [0.15, 0.2) is 4.67 Å². The fourth-order valence-electron chi connectivity index (χ4n) is 1.64. The van der Waals surface area contributed by atoms with Gasteiger partial charge in [-0.05, 0) is 34.6 Å². The van der Waals surface area contributed by atoms with Crippen LogP contribution in [0.1, 0.15) is 24.6 Å². The van der Waals surface area contributed by atoms with Crippen LogP contribution in [-0.4, -0.2) is 16.5 Å². The molecule has 0 aliphatic carbocycles. The Hall–Kier alpha value is -1.07. The van der Waals surface area contributed by atoms with Gasteiger partial charge in [-0.25, -0.2) is 4.98 Å². The number of imidazole rings is 1. The van der Waals surface area contributed by atoms with Crippen LogP contribution in [0.15, 0.2) is 33.6 Å². The topological polar surface area (TPSA) is 53.9 Å². The van der Waals surface area contributed by atoms with E-state index in [1.165, 1.54) is 0 Å². The van der Waals surface area contributed by atoms with Crippen LogP contribution in [-0.2, 0) is 6.42 Å². The molecule has 0 aromatic carbocycles. The highest BCUT2D eigenvalue weighted by molar-refractivity contribution is 9.10. The lowest BCUT2D eigenvalue weighted by Gasteiger charge is -2.13. The third kappa shape index (κ3) is 2.74. The largest absolute Gasteiger partial charge is 0.453 e. The van der Waals surface area contributed by atoms with Crippen molar-refractivity contribution in [1.29, 1.82) is 0 Å². The van der Waals surface area contributed by atoms with E-state index in [9.17, 15) is 0 Å². The molecule has 1 unspecified atom stereocenters. The van der Waals surface area contributed by atoms with Crippen molar-refractivity contribution in [3.63, 3.8) is 0 Å². The summed E-state index contributed by atoms with van der Waals surface area (Å²) in [6, 6.07) is 4.03. The molecule has 0 saturated carbocycles. The zero-order valence-corrected chi connectivity index (χ0v) is 10.6. The first kappa shape index (κ1) is 11.4. The van der Waals surface area contributed by atoms with Crippen molar-refractivity contribution in [3.05, 3.63) is 40.8 Å². The van der Waals surface area contributed by atoms with Gasteiger partial charge in [-0.1, -0.05) is 6.92 Å². The summed E-state index contributed by atoms with van der Waals surface area (Å²) in [6.45, 7) is 2.97. The Kier molecular flexibility index (Phi) is 3.79. The van der Waals surface area contributed by atoms with Crippen molar-refractivity contribution in [2.24, 2.45) is 0 Å². The lowest BCUT2D eigenvalue weighted by molar-refractivity contribution is 0.401. The lowest BCUT2D eigenvalue weighted by Crippen LogP contribution is -2.22. The summed E-state index contributed by atoms with van der Waals surface area (Å²) in [4.78, 5) is 7.32. The summed E-state index contributed by atoms with van der Waals surface area (Å²) < 4.78 is 6.31. The molecular weight excluding hydrogens is 270 g/mol. The number of hydrogen-bond acceptors (Lipinski definition) is 3. The van der Waals surface area contributed by atoms with E-state index in [1.807, 2.05) is 18.3 Å². The van der Waals surface area contributed by atoms with Crippen LogP contribution in [0.2, 0.25) is 0 Å². The lowest BCUT2D eigenvalue weighted by atomic mass is 10.1. The number of halogens is 1. The SMILES string of the molecule is CCNC(Cc1ncc[nH]1)c1ccc(Br)o1. The maximum absolute atomic E-state index is 5.56. The van der Waals surface area contributed by atoms with Crippen molar-refractivity contribution in [3.8, 4) is 0 Å². The van der Waals surface area contributed by atoms with Crippen LogP contribution in [0.5, 0.6) is 0 Å². The first-order valence-electron chi connectivity index (χ1n) is 5.26. The van der Waals surface area contributed by atoms with Gasteiger partial charge >= 0.3 is 0 Å². The highest BCUT2D eigenvalue weighted by Crippen LogP contribution is 2.22. The van der Waals surface area contributed by atoms with Gasteiger partial charge < -0.3 is 14.7 Å². The molecule has 0 amide bonds. The summed E-state index contributed by atoms with van der Waals surface area (Å²) in [5, 5.41) is 3.38.